The van der Waals surface area contributed by atoms with E-state index in [-0.39, 0.29) is 16.5 Å². The summed E-state index contributed by atoms with van der Waals surface area (Å²) in [6.07, 6.45) is 2.21. The smallest absolute Gasteiger partial charge is 0.310 e. The zero-order chi connectivity index (χ0) is 10.7. The zero-order valence-electron chi connectivity index (χ0n) is 7.29. The Morgan fingerprint density at radius 2 is 2.00 bits per heavy atom. The number of hydrogen-bond acceptors (Lipinski definition) is 3. The van der Waals surface area contributed by atoms with Gasteiger partial charge in [-0.1, -0.05) is 23.2 Å². The number of carbonyl (C=O) groups excluding carboxylic acids is 1. The lowest BCUT2D eigenvalue weighted by Crippen LogP contribution is -2.25. The maximum atomic E-state index is 10.9. The first kappa shape index (κ1) is 11.1. The highest BCUT2D eigenvalue weighted by Gasteiger charge is 2.14. The largest absolute Gasteiger partial charge is 0.619 e. The molecule has 0 saturated carbocycles. The predicted molar refractivity (Wildman–Crippen MR) is 51.1 cm³/mol. The monoisotopic (exact) mass is 235 g/mol. The van der Waals surface area contributed by atoms with E-state index in [1.54, 1.807) is 0 Å². The maximum Gasteiger partial charge on any atom is 0.310 e. The van der Waals surface area contributed by atoms with Crippen LogP contribution in [0, 0.1) is 5.21 Å². The molecule has 0 radical (unpaired) electrons. The van der Waals surface area contributed by atoms with E-state index in [0.717, 1.165) is 12.4 Å². The lowest BCUT2D eigenvalue weighted by Gasteiger charge is -2.05. The van der Waals surface area contributed by atoms with Crippen LogP contribution in [0.25, 0.3) is 0 Å². The molecular formula is C8H7Cl2NO3. The van der Waals surface area contributed by atoms with Gasteiger partial charge in [-0.2, -0.15) is 4.73 Å². The molecule has 1 aromatic rings. The molecule has 0 atom stereocenters. The molecule has 1 heterocycles. The number of methoxy groups -OCH3 is 1. The van der Waals surface area contributed by atoms with Crippen LogP contribution in [0.3, 0.4) is 0 Å². The minimum atomic E-state index is -0.461. The second-order valence-electron chi connectivity index (χ2n) is 2.55. The average molecular weight is 236 g/mol. The Hall–Kier alpha value is -1.00. The van der Waals surface area contributed by atoms with Crippen LogP contribution in [-0.4, -0.2) is 13.1 Å². The fraction of sp³-hybridized carbons (Fsp3) is 0.250. The van der Waals surface area contributed by atoms with Crippen LogP contribution < -0.4 is 4.73 Å². The van der Waals surface area contributed by atoms with Gasteiger partial charge in [-0.25, -0.2) is 0 Å². The fourth-order valence-corrected chi connectivity index (χ4v) is 1.49. The van der Waals surface area contributed by atoms with Gasteiger partial charge in [0.25, 0.3) is 0 Å². The van der Waals surface area contributed by atoms with E-state index in [0.29, 0.717) is 10.3 Å². The molecule has 0 aliphatic carbocycles. The molecular weight excluding hydrogens is 229 g/mol. The summed E-state index contributed by atoms with van der Waals surface area (Å²) in [5.41, 5.74) is 0.396. The predicted octanol–water partition coefficient (Wildman–Crippen LogP) is 1.34. The summed E-state index contributed by atoms with van der Waals surface area (Å²) in [5.74, 6) is -0.461. The van der Waals surface area contributed by atoms with Crippen molar-refractivity contribution < 1.29 is 14.3 Å². The summed E-state index contributed by atoms with van der Waals surface area (Å²) in [5, 5.41) is 11.2. The van der Waals surface area contributed by atoms with Crippen LogP contribution in [-0.2, 0) is 16.0 Å². The van der Waals surface area contributed by atoms with Crippen LogP contribution in [0.1, 0.15) is 5.56 Å². The number of ether oxygens (including phenoxy) is 1. The molecule has 4 nitrogen and oxygen atoms in total. The van der Waals surface area contributed by atoms with Crippen LogP contribution in [0.2, 0.25) is 10.0 Å². The normalized spacial score (nSPS) is 9.93. The highest BCUT2D eigenvalue weighted by molar-refractivity contribution is 6.35. The number of halogens is 2. The van der Waals surface area contributed by atoms with Crippen molar-refractivity contribution in [2.45, 2.75) is 6.42 Å². The van der Waals surface area contributed by atoms with Gasteiger partial charge in [-0.15, -0.1) is 0 Å². The summed E-state index contributed by atoms with van der Waals surface area (Å²) < 4.78 is 4.93. The van der Waals surface area contributed by atoms with Gasteiger partial charge in [0.05, 0.1) is 13.5 Å². The van der Waals surface area contributed by atoms with Crippen LogP contribution in [0.4, 0.5) is 0 Å². The quantitative estimate of drug-likeness (QED) is 0.442. The van der Waals surface area contributed by atoms with Gasteiger partial charge < -0.3 is 9.94 Å². The Morgan fingerprint density at radius 3 is 2.43 bits per heavy atom. The van der Waals surface area contributed by atoms with E-state index >= 15 is 0 Å². The number of pyridine rings is 1. The topological polar surface area (TPSA) is 53.2 Å². The Bertz CT molecular complexity index is 345. The molecule has 0 N–H and O–H groups in total. The molecule has 0 fully saturated rings. The molecule has 6 heteroatoms. The third-order valence-corrected chi connectivity index (χ3v) is 2.26. The number of rotatable bonds is 2. The van der Waals surface area contributed by atoms with Crippen molar-refractivity contribution in [1.82, 2.24) is 0 Å². The highest BCUT2D eigenvalue weighted by Crippen LogP contribution is 2.22. The first-order valence-corrected chi connectivity index (χ1v) is 4.43. The van der Waals surface area contributed by atoms with Crippen molar-refractivity contribution in [2.24, 2.45) is 0 Å². The number of hydrogen-bond donors (Lipinski definition) is 0. The molecule has 0 aromatic carbocycles. The lowest BCUT2D eigenvalue weighted by molar-refractivity contribution is -0.605. The standard InChI is InChI=1S/C8H7Cl2NO3/c1-14-8(12)2-5-6(9)3-11(13)4-7(5)10/h3-4H,2H2,1H3. The zero-order valence-corrected chi connectivity index (χ0v) is 8.80. The second-order valence-corrected chi connectivity index (χ2v) is 3.36. The Kier molecular flexibility index (Phi) is 3.55. The molecule has 0 saturated heterocycles. The van der Waals surface area contributed by atoms with E-state index in [9.17, 15) is 10.0 Å². The van der Waals surface area contributed by atoms with E-state index in [1.807, 2.05) is 0 Å². The summed E-state index contributed by atoms with van der Waals surface area (Å²) in [7, 11) is 1.26. The summed E-state index contributed by atoms with van der Waals surface area (Å²) in [4.78, 5) is 10.9. The molecule has 76 valence electrons. The van der Waals surface area contributed by atoms with Crippen LogP contribution in [0.15, 0.2) is 12.4 Å². The molecule has 14 heavy (non-hydrogen) atoms. The Balaban J connectivity index is 3.02. The number of nitrogens with zero attached hydrogens (tertiary/aromatic N) is 1. The maximum absolute atomic E-state index is 10.9. The first-order valence-electron chi connectivity index (χ1n) is 3.68. The molecule has 0 amide bonds. The third kappa shape index (κ3) is 2.49. The SMILES string of the molecule is COC(=O)Cc1c(Cl)c[n+]([O-])cc1Cl. The van der Waals surface area contributed by atoms with E-state index in [2.05, 4.69) is 4.74 Å². The lowest BCUT2D eigenvalue weighted by atomic mass is 10.2. The van der Waals surface area contributed by atoms with Gasteiger partial charge in [-0.05, 0) is 0 Å². The van der Waals surface area contributed by atoms with E-state index in [1.165, 1.54) is 7.11 Å². The van der Waals surface area contributed by atoms with Crippen LogP contribution in [0.5, 0.6) is 0 Å². The molecule has 0 aliphatic rings. The molecule has 0 spiro atoms. The molecule has 0 aliphatic heterocycles. The minimum Gasteiger partial charge on any atom is -0.619 e. The Labute approximate surface area is 90.6 Å². The summed E-state index contributed by atoms with van der Waals surface area (Å²) in [6.45, 7) is 0. The first-order chi connectivity index (χ1) is 6.54. The minimum absolute atomic E-state index is 0.0466. The van der Waals surface area contributed by atoms with Crippen molar-refractivity contribution in [3.8, 4) is 0 Å². The van der Waals surface area contributed by atoms with Crippen molar-refractivity contribution in [1.29, 1.82) is 0 Å². The van der Waals surface area contributed by atoms with E-state index in [4.69, 9.17) is 23.2 Å². The number of carbonyl (C=O) groups is 1. The Morgan fingerprint density at radius 1 is 1.50 bits per heavy atom. The van der Waals surface area contributed by atoms with Gasteiger partial charge >= 0.3 is 5.97 Å². The fourth-order valence-electron chi connectivity index (χ4n) is 0.916. The van der Waals surface area contributed by atoms with Crippen LogP contribution >= 0.6 is 23.2 Å². The molecule has 0 unspecified atom stereocenters. The van der Waals surface area contributed by atoms with Crippen molar-refractivity contribution in [3.05, 3.63) is 33.2 Å². The summed E-state index contributed by atoms with van der Waals surface area (Å²) in [6, 6.07) is 0. The van der Waals surface area contributed by atoms with Gasteiger partial charge in [0.15, 0.2) is 12.4 Å². The summed E-state index contributed by atoms with van der Waals surface area (Å²) >= 11 is 11.4. The van der Waals surface area contributed by atoms with Crippen molar-refractivity contribution in [3.63, 3.8) is 0 Å². The van der Waals surface area contributed by atoms with Crippen molar-refractivity contribution in [2.75, 3.05) is 7.11 Å². The second kappa shape index (κ2) is 4.48. The van der Waals surface area contributed by atoms with E-state index < -0.39 is 5.97 Å². The van der Waals surface area contributed by atoms with Gasteiger partial charge in [0.2, 0.25) is 0 Å². The van der Waals surface area contributed by atoms with Gasteiger partial charge in [-0.3, -0.25) is 4.79 Å². The van der Waals surface area contributed by atoms with Crippen molar-refractivity contribution >= 4 is 29.2 Å². The number of esters is 1. The molecule has 0 bridgehead atoms. The van der Waals surface area contributed by atoms with Gasteiger partial charge in [0, 0.05) is 5.56 Å². The van der Waals surface area contributed by atoms with Gasteiger partial charge in [0.1, 0.15) is 10.0 Å². The third-order valence-electron chi connectivity index (χ3n) is 1.61. The number of aromatic nitrogens is 1. The average Bonchev–Trinajstić information content (AvgIpc) is 2.10. The molecule has 1 rings (SSSR count). The highest BCUT2D eigenvalue weighted by atomic mass is 35.5. The molecule has 1 aromatic heterocycles.